The van der Waals surface area contributed by atoms with E-state index in [0.717, 1.165) is 6.26 Å². The first-order valence-corrected chi connectivity index (χ1v) is 13.1. The Morgan fingerprint density at radius 3 is 2.51 bits per heavy atom. The minimum Gasteiger partial charge on any atom is -0.486 e. The summed E-state index contributed by atoms with van der Waals surface area (Å²) in [7, 11) is -2.02. The third-order valence-electron chi connectivity index (χ3n) is 5.97. The van der Waals surface area contributed by atoms with E-state index in [2.05, 4.69) is 10.6 Å². The Morgan fingerprint density at radius 2 is 1.89 bits per heavy atom. The van der Waals surface area contributed by atoms with Crippen molar-refractivity contribution in [3.63, 3.8) is 0 Å². The second-order valence-electron chi connectivity index (χ2n) is 8.79. The number of ether oxygens (including phenoxy) is 1. The Morgan fingerprint density at radius 1 is 1.20 bits per heavy atom. The number of likely N-dealkylation sites (N-methyl/N-ethyl adjacent to an activating group) is 1. The van der Waals surface area contributed by atoms with Crippen LogP contribution < -0.4 is 15.4 Å². The Kier molecular flexibility index (Phi) is 8.36. The number of sulfonamides is 1. The van der Waals surface area contributed by atoms with E-state index < -0.39 is 28.2 Å². The maximum absolute atomic E-state index is 13.5. The van der Waals surface area contributed by atoms with Gasteiger partial charge in [0.15, 0.2) is 5.75 Å². The van der Waals surface area contributed by atoms with Gasteiger partial charge in [-0.1, -0.05) is 31.2 Å². The summed E-state index contributed by atoms with van der Waals surface area (Å²) >= 11 is 0. The molecule has 3 rings (SSSR count). The molecule has 3 N–H and O–H groups in total. The average Bonchev–Trinajstić information content (AvgIpc) is 2.81. The zero-order valence-corrected chi connectivity index (χ0v) is 21.1. The number of anilines is 2. The molecule has 0 unspecified atom stereocenters. The number of hydrogen-bond donors (Lipinski definition) is 3. The van der Waals surface area contributed by atoms with Crippen molar-refractivity contribution in [1.29, 1.82) is 0 Å². The standard InChI is InChI=1S/C24H32N4O6S/c1-16-13-28(17(2)15-29)23(30)19-11-8-12-20(26-24(31)25-18-9-6-5-7-10-18)22(19)34-21(16)14-27(3)35(4,32)33/h5-12,16-17,21,29H,13-15H2,1-4H3,(H2,25,26,31)/t16-,17+,21+/m1/s1. The highest BCUT2D eigenvalue weighted by molar-refractivity contribution is 7.88. The van der Waals surface area contributed by atoms with Crippen LogP contribution in [-0.2, 0) is 10.0 Å². The van der Waals surface area contributed by atoms with Gasteiger partial charge in [-0.3, -0.25) is 4.79 Å². The maximum atomic E-state index is 13.5. The number of para-hydroxylation sites is 2. The number of hydrogen-bond acceptors (Lipinski definition) is 6. The lowest BCUT2D eigenvalue weighted by Gasteiger charge is -2.38. The first-order valence-electron chi connectivity index (χ1n) is 11.3. The quantitative estimate of drug-likeness (QED) is 0.531. The maximum Gasteiger partial charge on any atom is 0.323 e. The molecule has 0 bridgehead atoms. The molecule has 0 aromatic heterocycles. The fourth-order valence-electron chi connectivity index (χ4n) is 3.75. The van der Waals surface area contributed by atoms with Crippen LogP contribution in [0.3, 0.4) is 0 Å². The van der Waals surface area contributed by atoms with Crippen LogP contribution in [0.15, 0.2) is 48.5 Å². The fraction of sp³-hybridized carbons (Fsp3) is 0.417. The topological polar surface area (TPSA) is 128 Å². The van der Waals surface area contributed by atoms with E-state index in [4.69, 9.17) is 4.74 Å². The van der Waals surface area contributed by atoms with Gasteiger partial charge in [-0.2, -0.15) is 0 Å². The van der Waals surface area contributed by atoms with Crippen molar-refractivity contribution in [2.45, 2.75) is 26.0 Å². The SMILES string of the molecule is C[C@@H]1CN([C@@H](C)CO)C(=O)c2cccc(NC(=O)Nc3ccccc3)c2O[C@H]1CN(C)S(C)(=O)=O. The van der Waals surface area contributed by atoms with Crippen LogP contribution in [0.2, 0.25) is 0 Å². The number of benzene rings is 2. The summed E-state index contributed by atoms with van der Waals surface area (Å²) in [5.74, 6) is -0.485. The molecule has 10 nitrogen and oxygen atoms in total. The van der Waals surface area contributed by atoms with E-state index in [1.807, 2.05) is 13.0 Å². The summed E-state index contributed by atoms with van der Waals surface area (Å²) in [6.07, 6.45) is 0.481. The van der Waals surface area contributed by atoms with Crippen LogP contribution in [0.25, 0.3) is 0 Å². The summed E-state index contributed by atoms with van der Waals surface area (Å²) in [4.78, 5) is 27.7. The predicted octanol–water partition coefficient (Wildman–Crippen LogP) is 2.44. The number of aliphatic hydroxyl groups is 1. The lowest BCUT2D eigenvalue weighted by Crippen LogP contribution is -2.50. The van der Waals surface area contributed by atoms with Crippen LogP contribution in [0, 0.1) is 5.92 Å². The Balaban J connectivity index is 2.00. The van der Waals surface area contributed by atoms with E-state index in [-0.39, 0.29) is 48.5 Å². The van der Waals surface area contributed by atoms with Gasteiger partial charge in [0, 0.05) is 25.2 Å². The highest BCUT2D eigenvalue weighted by Gasteiger charge is 2.35. The van der Waals surface area contributed by atoms with Crippen LogP contribution in [0.4, 0.5) is 16.2 Å². The molecule has 190 valence electrons. The van der Waals surface area contributed by atoms with E-state index in [9.17, 15) is 23.1 Å². The molecule has 11 heteroatoms. The van der Waals surface area contributed by atoms with Gasteiger partial charge >= 0.3 is 6.03 Å². The first-order chi connectivity index (χ1) is 16.5. The first kappa shape index (κ1) is 26.5. The van der Waals surface area contributed by atoms with Crippen molar-refractivity contribution in [2.24, 2.45) is 5.92 Å². The van der Waals surface area contributed by atoms with E-state index in [1.165, 1.54) is 11.4 Å². The number of urea groups is 1. The molecule has 0 aliphatic carbocycles. The largest absolute Gasteiger partial charge is 0.486 e. The molecule has 1 aliphatic heterocycles. The predicted molar refractivity (Wildman–Crippen MR) is 134 cm³/mol. The molecule has 0 radical (unpaired) electrons. The highest BCUT2D eigenvalue weighted by Crippen LogP contribution is 2.35. The minimum absolute atomic E-state index is 0.0412. The lowest BCUT2D eigenvalue weighted by molar-refractivity contribution is 0.0389. The van der Waals surface area contributed by atoms with Crippen molar-refractivity contribution in [2.75, 3.05) is 43.6 Å². The third kappa shape index (κ3) is 6.50. The molecule has 0 fully saturated rings. The molecule has 3 amide bonds. The Bertz CT molecular complexity index is 1160. The number of fused-ring (bicyclic) bond motifs is 1. The molecule has 0 spiro atoms. The summed E-state index contributed by atoms with van der Waals surface area (Å²) in [5, 5.41) is 15.2. The summed E-state index contributed by atoms with van der Waals surface area (Å²) in [5.41, 5.74) is 1.06. The second kappa shape index (κ2) is 11.1. The zero-order valence-electron chi connectivity index (χ0n) is 20.3. The van der Waals surface area contributed by atoms with Gasteiger partial charge in [-0.25, -0.2) is 17.5 Å². The van der Waals surface area contributed by atoms with Crippen molar-refractivity contribution in [3.8, 4) is 5.75 Å². The van der Waals surface area contributed by atoms with E-state index >= 15 is 0 Å². The molecule has 1 heterocycles. The molecular weight excluding hydrogens is 472 g/mol. The van der Waals surface area contributed by atoms with Gasteiger partial charge in [-0.15, -0.1) is 0 Å². The van der Waals surface area contributed by atoms with Crippen LogP contribution in [-0.4, -0.2) is 79.8 Å². The van der Waals surface area contributed by atoms with Crippen molar-refractivity contribution in [1.82, 2.24) is 9.21 Å². The number of nitrogens with zero attached hydrogens (tertiary/aromatic N) is 2. The van der Waals surface area contributed by atoms with Gasteiger partial charge in [0.25, 0.3) is 5.91 Å². The lowest BCUT2D eigenvalue weighted by atomic mass is 9.99. The number of rotatable bonds is 7. The third-order valence-corrected chi connectivity index (χ3v) is 7.26. The van der Waals surface area contributed by atoms with E-state index in [1.54, 1.807) is 54.3 Å². The van der Waals surface area contributed by atoms with Crippen LogP contribution in [0.5, 0.6) is 5.75 Å². The van der Waals surface area contributed by atoms with Crippen molar-refractivity contribution < 1.29 is 27.9 Å². The Labute approximate surface area is 205 Å². The van der Waals surface area contributed by atoms with Gasteiger partial charge < -0.3 is 25.4 Å². The van der Waals surface area contributed by atoms with Crippen LogP contribution in [0.1, 0.15) is 24.2 Å². The number of nitrogens with one attached hydrogen (secondary N) is 2. The summed E-state index contributed by atoms with van der Waals surface area (Å²) in [6, 6.07) is 12.7. The summed E-state index contributed by atoms with van der Waals surface area (Å²) in [6.45, 7) is 3.65. The second-order valence-corrected chi connectivity index (χ2v) is 10.9. The minimum atomic E-state index is -3.48. The van der Waals surface area contributed by atoms with Crippen molar-refractivity contribution >= 4 is 33.3 Å². The molecule has 0 saturated heterocycles. The van der Waals surface area contributed by atoms with E-state index in [0.29, 0.717) is 5.69 Å². The molecule has 2 aromatic rings. The smallest absolute Gasteiger partial charge is 0.323 e. The number of carbonyl (C=O) groups is 2. The Hall–Kier alpha value is -3.15. The average molecular weight is 505 g/mol. The van der Waals surface area contributed by atoms with Gasteiger partial charge in [0.05, 0.1) is 36.7 Å². The fourth-order valence-corrected chi connectivity index (χ4v) is 4.17. The number of amides is 3. The summed E-state index contributed by atoms with van der Waals surface area (Å²) < 4.78 is 31.6. The van der Waals surface area contributed by atoms with Crippen LogP contribution >= 0.6 is 0 Å². The normalized spacial score (nSPS) is 19.3. The monoisotopic (exact) mass is 504 g/mol. The molecule has 2 aromatic carbocycles. The molecule has 3 atom stereocenters. The highest BCUT2D eigenvalue weighted by atomic mass is 32.2. The molecule has 0 saturated carbocycles. The number of carbonyl (C=O) groups excluding carboxylic acids is 2. The number of aliphatic hydroxyl groups excluding tert-OH is 1. The zero-order chi connectivity index (χ0) is 25.8. The molecule has 1 aliphatic rings. The molecule has 35 heavy (non-hydrogen) atoms. The van der Waals surface area contributed by atoms with Gasteiger partial charge in [-0.05, 0) is 31.2 Å². The van der Waals surface area contributed by atoms with Crippen molar-refractivity contribution in [3.05, 3.63) is 54.1 Å². The van der Waals surface area contributed by atoms with Gasteiger partial charge in [0.2, 0.25) is 10.0 Å². The van der Waals surface area contributed by atoms with Gasteiger partial charge in [0.1, 0.15) is 6.10 Å². The molecular formula is C24H32N4O6S.